The lowest BCUT2D eigenvalue weighted by molar-refractivity contribution is -0.144. The third-order valence-electron chi connectivity index (χ3n) is 4.91. The summed E-state index contributed by atoms with van der Waals surface area (Å²) in [5.41, 5.74) is 0. The Kier molecular flexibility index (Phi) is 3.59. The number of likely N-dealkylation sites (tertiary alicyclic amines) is 1. The van der Waals surface area contributed by atoms with Crippen LogP contribution in [0.15, 0.2) is 12.2 Å². The Hall–Kier alpha value is -1.65. The second-order valence-electron chi connectivity index (χ2n) is 6.79. The summed E-state index contributed by atoms with van der Waals surface area (Å²) in [6.45, 7) is 4.64. The smallest absolute Gasteiger partial charge is 0.240 e. The third kappa shape index (κ3) is 2.39. The molecule has 0 unspecified atom stereocenters. The molecular formula is C16H22N2O3. The van der Waals surface area contributed by atoms with Crippen molar-refractivity contribution < 1.29 is 14.4 Å². The number of imide groups is 1. The van der Waals surface area contributed by atoms with E-state index in [1.165, 1.54) is 4.90 Å². The van der Waals surface area contributed by atoms with Crippen molar-refractivity contribution in [3.63, 3.8) is 0 Å². The van der Waals surface area contributed by atoms with Crippen LogP contribution >= 0.6 is 0 Å². The Morgan fingerprint density at radius 3 is 2.33 bits per heavy atom. The summed E-state index contributed by atoms with van der Waals surface area (Å²) >= 11 is 0. The minimum Gasteiger partial charge on any atom is -0.355 e. The van der Waals surface area contributed by atoms with Gasteiger partial charge in [0.05, 0.1) is 11.8 Å². The molecule has 1 N–H and O–H groups in total. The van der Waals surface area contributed by atoms with Crippen LogP contribution in [0.5, 0.6) is 0 Å². The summed E-state index contributed by atoms with van der Waals surface area (Å²) in [5.74, 6) is -0.0522. The molecule has 114 valence electrons. The highest BCUT2D eigenvalue weighted by molar-refractivity contribution is 6.08. The molecule has 3 aliphatic rings. The fourth-order valence-corrected chi connectivity index (χ4v) is 3.82. The van der Waals surface area contributed by atoms with Gasteiger partial charge in [-0.05, 0) is 30.6 Å². The van der Waals surface area contributed by atoms with Crippen LogP contribution in [-0.2, 0) is 14.4 Å². The van der Waals surface area contributed by atoms with Crippen LogP contribution in [0, 0.1) is 29.6 Å². The van der Waals surface area contributed by atoms with Gasteiger partial charge >= 0.3 is 0 Å². The van der Waals surface area contributed by atoms with Gasteiger partial charge in [-0.3, -0.25) is 19.3 Å². The molecule has 2 aliphatic carbocycles. The van der Waals surface area contributed by atoms with E-state index in [1.54, 1.807) is 0 Å². The Morgan fingerprint density at radius 1 is 1.24 bits per heavy atom. The summed E-state index contributed by atoms with van der Waals surface area (Å²) in [7, 11) is 0. The summed E-state index contributed by atoms with van der Waals surface area (Å²) < 4.78 is 0. The molecule has 5 heteroatoms. The van der Waals surface area contributed by atoms with E-state index < -0.39 is 0 Å². The second kappa shape index (κ2) is 5.28. The van der Waals surface area contributed by atoms with Crippen LogP contribution in [0.4, 0.5) is 0 Å². The lowest BCUT2D eigenvalue weighted by Crippen LogP contribution is -2.42. The normalized spacial score (nSPS) is 33.2. The molecule has 0 aromatic rings. The molecule has 2 fully saturated rings. The van der Waals surface area contributed by atoms with E-state index in [2.05, 4.69) is 31.3 Å². The number of carbonyl (C=O) groups excluding carboxylic acids is 3. The lowest BCUT2D eigenvalue weighted by atomic mass is 9.85. The zero-order valence-corrected chi connectivity index (χ0v) is 12.5. The highest BCUT2D eigenvalue weighted by Crippen LogP contribution is 2.52. The molecule has 1 saturated carbocycles. The van der Waals surface area contributed by atoms with Gasteiger partial charge in [0.1, 0.15) is 6.54 Å². The van der Waals surface area contributed by atoms with Gasteiger partial charge in [-0.15, -0.1) is 0 Å². The summed E-state index contributed by atoms with van der Waals surface area (Å²) in [6.07, 6.45) is 5.93. The molecule has 5 nitrogen and oxygen atoms in total. The highest BCUT2D eigenvalue weighted by atomic mass is 16.2. The van der Waals surface area contributed by atoms with Crippen LogP contribution < -0.4 is 5.32 Å². The number of fused-ring (bicyclic) bond motifs is 5. The van der Waals surface area contributed by atoms with Crippen molar-refractivity contribution in [2.24, 2.45) is 29.6 Å². The number of nitrogens with one attached hydrogen (secondary N) is 1. The number of amides is 3. The van der Waals surface area contributed by atoms with Crippen LogP contribution in [0.2, 0.25) is 0 Å². The maximum Gasteiger partial charge on any atom is 0.240 e. The molecular weight excluding hydrogens is 268 g/mol. The van der Waals surface area contributed by atoms with Crippen LogP contribution in [-0.4, -0.2) is 35.7 Å². The molecule has 3 rings (SSSR count). The maximum absolute atomic E-state index is 12.4. The van der Waals surface area contributed by atoms with Crippen molar-refractivity contribution in [3.8, 4) is 0 Å². The molecule has 0 radical (unpaired) electrons. The molecule has 0 aromatic carbocycles. The number of hydrogen-bond acceptors (Lipinski definition) is 3. The SMILES string of the molecule is CC(C)CCNC(=O)CN1C(=O)[C@@H]2[C@@H](C1=O)[C@H]1C=C[C@H]2C1. The van der Waals surface area contributed by atoms with Crippen LogP contribution in [0.1, 0.15) is 26.7 Å². The highest BCUT2D eigenvalue weighted by Gasteiger charge is 2.59. The van der Waals surface area contributed by atoms with Gasteiger partial charge in [0.2, 0.25) is 17.7 Å². The number of allylic oxidation sites excluding steroid dienone is 2. The molecule has 4 atom stereocenters. The second-order valence-corrected chi connectivity index (χ2v) is 6.79. The minimum absolute atomic E-state index is 0.123. The van der Waals surface area contributed by atoms with Crippen LogP contribution in [0.25, 0.3) is 0 Å². The molecule has 1 aliphatic heterocycles. The molecule has 0 aromatic heterocycles. The standard InChI is InChI=1S/C16H22N2O3/c1-9(2)5-6-17-12(19)8-18-15(20)13-10-3-4-11(7-10)14(13)16(18)21/h3-4,9-11,13-14H,5-8H2,1-2H3,(H,17,19)/t10-,11-,13-,14-/m0/s1. The first-order chi connectivity index (χ1) is 9.99. The predicted molar refractivity (Wildman–Crippen MR) is 76.9 cm³/mol. The molecule has 1 heterocycles. The van der Waals surface area contributed by atoms with Gasteiger partial charge in [0, 0.05) is 6.54 Å². The third-order valence-corrected chi connectivity index (χ3v) is 4.91. The number of carbonyl (C=O) groups is 3. The van der Waals surface area contributed by atoms with Crippen molar-refractivity contribution in [2.45, 2.75) is 26.7 Å². The van der Waals surface area contributed by atoms with Gasteiger partial charge in [0.15, 0.2) is 0 Å². The predicted octanol–water partition coefficient (Wildman–Crippen LogP) is 0.956. The first-order valence-corrected chi connectivity index (χ1v) is 7.79. The fraction of sp³-hybridized carbons (Fsp3) is 0.688. The van der Waals surface area contributed by atoms with E-state index in [4.69, 9.17) is 0 Å². The summed E-state index contributed by atoms with van der Waals surface area (Å²) in [4.78, 5) is 37.9. The topological polar surface area (TPSA) is 66.5 Å². The van der Waals surface area contributed by atoms with Crippen LogP contribution in [0.3, 0.4) is 0 Å². The maximum atomic E-state index is 12.4. The van der Waals surface area contributed by atoms with Crippen molar-refractivity contribution in [1.29, 1.82) is 0 Å². The Labute approximate surface area is 124 Å². The Balaban J connectivity index is 1.59. The zero-order valence-electron chi connectivity index (χ0n) is 12.5. The van der Waals surface area contributed by atoms with Gasteiger partial charge in [0.25, 0.3) is 0 Å². The molecule has 1 saturated heterocycles. The van der Waals surface area contributed by atoms with E-state index in [1.807, 2.05) is 0 Å². The first kappa shape index (κ1) is 14.3. The van der Waals surface area contributed by atoms with Crippen molar-refractivity contribution in [1.82, 2.24) is 10.2 Å². The summed E-state index contributed by atoms with van der Waals surface area (Å²) in [6, 6.07) is 0. The van der Waals surface area contributed by atoms with Crippen molar-refractivity contribution in [2.75, 3.05) is 13.1 Å². The fourth-order valence-electron chi connectivity index (χ4n) is 3.82. The Morgan fingerprint density at radius 2 is 1.81 bits per heavy atom. The monoisotopic (exact) mass is 290 g/mol. The largest absolute Gasteiger partial charge is 0.355 e. The van der Waals surface area contributed by atoms with E-state index >= 15 is 0 Å². The van der Waals surface area contributed by atoms with Gasteiger partial charge in [-0.25, -0.2) is 0 Å². The lowest BCUT2D eigenvalue weighted by Gasteiger charge is -2.17. The summed E-state index contributed by atoms with van der Waals surface area (Å²) in [5, 5.41) is 2.79. The van der Waals surface area contributed by atoms with E-state index in [0.717, 1.165) is 12.8 Å². The average molecular weight is 290 g/mol. The van der Waals surface area contributed by atoms with E-state index in [-0.39, 0.29) is 47.9 Å². The van der Waals surface area contributed by atoms with E-state index in [0.29, 0.717) is 12.5 Å². The van der Waals surface area contributed by atoms with Gasteiger partial charge < -0.3 is 5.32 Å². The van der Waals surface area contributed by atoms with Gasteiger partial charge in [-0.2, -0.15) is 0 Å². The van der Waals surface area contributed by atoms with E-state index in [9.17, 15) is 14.4 Å². The Bertz CT molecular complexity index is 482. The molecule has 0 spiro atoms. The number of nitrogens with zero attached hydrogens (tertiary/aromatic N) is 1. The minimum atomic E-state index is -0.238. The molecule has 3 amide bonds. The number of rotatable bonds is 5. The zero-order chi connectivity index (χ0) is 15.1. The number of hydrogen-bond donors (Lipinski definition) is 1. The molecule has 2 bridgehead atoms. The average Bonchev–Trinajstić information content (AvgIpc) is 3.08. The van der Waals surface area contributed by atoms with Crippen molar-refractivity contribution >= 4 is 17.7 Å². The van der Waals surface area contributed by atoms with Crippen molar-refractivity contribution in [3.05, 3.63) is 12.2 Å². The first-order valence-electron chi connectivity index (χ1n) is 7.79. The van der Waals surface area contributed by atoms with Gasteiger partial charge in [-0.1, -0.05) is 26.0 Å². The quantitative estimate of drug-likeness (QED) is 0.606. The molecule has 21 heavy (non-hydrogen) atoms.